The summed E-state index contributed by atoms with van der Waals surface area (Å²) in [6.45, 7) is 2.06. The standard InChI is InChI=1S/C11H13NO2/c1-12-6-10(7-12)8-3-2-4-9(5-8)11(13)14/h2-5,10H,6-7H2,1H3,(H,13,14). The Bertz CT molecular complexity index is 356. The first-order valence-electron chi connectivity index (χ1n) is 4.68. The third kappa shape index (κ3) is 1.63. The number of hydrogen-bond acceptors (Lipinski definition) is 2. The summed E-state index contributed by atoms with van der Waals surface area (Å²) >= 11 is 0. The summed E-state index contributed by atoms with van der Waals surface area (Å²) in [5.74, 6) is -0.334. The summed E-state index contributed by atoms with van der Waals surface area (Å²) in [7, 11) is 2.07. The molecular formula is C11H13NO2. The molecule has 0 saturated carbocycles. The minimum absolute atomic E-state index is 0.386. The van der Waals surface area contributed by atoms with Gasteiger partial charge < -0.3 is 10.0 Å². The largest absolute Gasteiger partial charge is 0.478 e. The fourth-order valence-corrected chi connectivity index (χ4v) is 1.84. The van der Waals surface area contributed by atoms with Crippen molar-refractivity contribution in [2.75, 3.05) is 20.1 Å². The summed E-state index contributed by atoms with van der Waals surface area (Å²) < 4.78 is 0. The molecule has 0 spiro atoms. The van der Waals surface area contributed by atoms with E-state index in [1.165, 1.54) is 0 Å². The van der Waals surface area contributed by atoms with Crippen LogP contribution in [-0.4, -0.2) is 36.1 Å². The predicted octanol–water partition coefficient (Wildman–Crippen LogP) is 1.41. The van der Waals surface area contributed by atoms with Gasteiger partial charge in [0.05, 0.1) is 5.56 Å². The smallest absolute Gasteiger partial charge is 0.335 e. The number of nitrogens with zero attached hydrogens (tertiary/aromatic N) is 1. The molecule has 0 atom stereocenters. The second kappa shape index (κ2) is 3.42. The molecule has 1 aromatic rings. The van der Waals surface area contributed by atoms with Gasteiger partial charge in [-0.05, 0) is 24.7 Å². The highest BCUT2D eigenvalue weighted by Gasteiger charge is 2.24. The van der Waals surface area contributed by atoms with Gasteiger partial charge in [0, 0.05) is 19.0 Å². The lowest BCUT2D eigenvalue weighted by Gasteiger charge is -2.36. The van der Waals surface area contributed by atoms with Gasteiger partial charge in [0.1, 0.15) is 0 Å². The van der Waals surface area contributed by atoms with E-state index in [-0.39, 0.29) is 0 Å². The highest BCUT2D eigenvalue weighted by Crippen LogP contribution is 2.25. The maximum absolute atomic E-state index is 10.7. The molecular weight excluding hydrogens is 178 g/mol. The van der Waals surface area contributed by atoms with Crippen LogP contribution in [0.15, 0.2) is 24.3 Å². The average molecular weight is 191 g/mol. The molecule has 3 nitrogen and oxygen atoms in total. The normalized spacial score (nSPS) is 17.8. The van der Waals surface area contributed by atoms with Gasteiger partial charge in [-0.1, -0.05) is 12.1 Å². The molecule has 1 aliphatic heterocycles. The number of carbonyl (C=O) groups is 1. The molecule has 1 aromatic carbocycles. The highest BCUT2D eigenvalue weighted by atomic mass is 16.4. The first-order chi connectivity index (χ1) is 6.66. The van der Waals surface area contributed by atoms with Crippen LogP contribution in [0.1, 0.15) is 21.8 Å². The molecule has 0 radical (unpaired) electrons. The topological polar surface area (TPSA) is 40.5 Å². The third-order valence-electron chi connectivity index (χ3n) is 2.67. The van der Waals surface area contributed by atoms with Crippen molar-refractivity contribution in [1.29, 1.82) is 0 Å². The van der Waals surface area contributed by atoms with Gasteiger partial charge in [0.15, 0.2) is 0 Å². The summed E-state index contributed by atoms with van der Waals surface area (Å²) in [6, 6.07) is 7.23. The molecule has 1 heterocycles. The van der Waals surface area contributed by atoms with Gasteiger partial charge in [-0.25, -0.2) is 4.79 Å². The number of hydrogen-bond donors (Lipinski definition) is 1. The Labute approximate surface area is 83.0 Å². The fraction of sp³-hybridized carbons (Fsp3) is 0.364. The molecule has 1 fully saturated rings. The van der Waals surface area contributed by atoms with Crippen LogP contribution in [0.25, 0.3) is 0 Å². The van der Waals surface area contributed by atoms with E-state index >= 15 is 0 Å². The number of carboxylic acid groups (broad SMARTS) is 1. The molecule has 1 N–H and O–H groups in total. The zero-order valence-electron chi connectivity index (χ0n) is 8.10. The summed E-state index contributed by atoms with van der Waals surface area (Å²) in [6.07, 6.45) is 0. The Hall–Kier alpha value is -1.35. The molecule has 0 aromatic heterocycles. The van der Waals surface area contributed by atoms with E-state index in [0.717, 1.165) is 18.7 Å². The Morgan fingerprint density at radius 3 is 2.79 bits per heavy atom. The second-order valence-electron chi connectivity index (χ2n) is 3.85. The first-order valence-corrected chi connectivity index (χ1v) is 4.68. The number of likely N-dealkylation sites (N-methyl/N-ethyl adjacent to an activating group) is 1. The monoisotopic (exact) mass is 191 g/mol. The Balaban J connectivity index is 2.18. The lowest BCUT2D eigenvalue weighted by Crippen LogP contribution is -2.41. The average Bonchev–Trinajstić information content (AvgIpc) is 2.13. The minimum atomic E-state index is -0.848. The van der Waals surface area contributed by atoms with Crippen molar-refractivity contribution in [3.63, 3.8) is 0 Å². The van der Waals surface area contributed by atoms with E-state index in [1.54, 1.807) is 12.1 Å². The van der Waals surface area contributed by atoms with Crippen LogP contribution in [0.4, 0.5) is 0 Å². The summed E-state index contributed by atoms with van der Waals surface area (Å²) in [5, 5.41) is 8.82. The Morgan fingerprint density at radius 1 is 1.50 bits per heavy atom. The van der Waals surface area contributed by atoms with Crippen LogP contribution >= 0.6 is 0 Å². The van der Waals surface area contributed by atoms with E-state index in [9.17, 15) is 4.79 Å². The van der Waals surface area contributed by atoms with E-state index in [0.29, 0.717) is 11.5 Å². The molecule has 3 heteroatoms. The van der Waals surface area contributed by atoms with Gasteiger partial charge in [-0.3, -0.25) is 0 Å². The lowest BCUT2D eigenvalue weighted by atomic mass is 9.91. The Morgan fingerprint density at radius 2 is 2.21 bits per heavy atom. The van der Waals surface area contributed by atoms with Crippen LogP contribution in [0.2, 0.25) is 0 Å². The zero-order chi connectivity index (χ0) is 10.1. The van der Waals surface area contributed by atoms with Crippen molar-refractivity contribution in [2.45, 2.75) is 5.92 Å². The van der Waals surface area contributed by atoms with Crippen LogP contribution in [-0.2, 0) is 0 Å². The van der Waals surface area contributed by atoms with Gasteiger partial charge in [0.25, 0.3) is 0 Å². The van der Waals surface area contributed by atoms with Gasteiger partial charge in [-0.15, -0.1) is 0 Å². The minimum Gasteiger partial charge on any atom is -0.478 e. The molecule has 0 amide bonds. The van der Waals surface area contributed by atoms with Gasteiger partial charge in [0.2, 0.25) is 0 Å². The highest BCUT2D eigenvalue weighted by molar-refractivity contribution is 5.87. The molecule has 14 heavy (non-hydrogen) atoms. The number of carboxylic acids is 1. The van der Waals surface area contributed by atoms with Gasteiger partial charge in [-0.2, -0.15) is 0 Å². The van der Waals surface area contributed by atoms with Crippen LogP contribution in [0.3, 0.4) is 0 Å². The lowest BCUT2D eigenvalue weighted by molar-refractivity contribution is 0.0696. The van der Waals surface area contributed by atoms with Crippen molar-refractivity contribution in [1.82, 2.24) is 4.90 Å². The molecule has 0 bridgehead atoms. The predicted molar refractivity (Wildman–Crippen MR) is 53.6 cm³/mol. The van der Waals surface area contributed by atoms with E-state index in [4.69, 9.17) is 5.11 Å². The summed E-state index contributed by atoms with van der Waals surface area (Å²) in [5.41, 5.74) is 1.53. The van der Waals surface area contributed by atoms with E-state index < -0.39 is 5.97 Å². The molecule has 1 saturated heterocycles. The van der Waals surface area contributed by atoms with Crippen LogP contribution in [0.5, 0.6) is 0 Å². The van der Waals surface area contributed by atoms with Gasteiger partial charge >= 0.3 is 5.97 Å². The number of likely N-dealkylation sites (tertiary alicyclic amines) is 1. The second-order valence-corrected chi connectivity index (χ2v) is 3.85. The quantitative estimate of drug-likeness (QED) is 0.768. The third-order valence-corrected chi connectivity index (χ3v) is 2.67. The van der Waals surface area contributed by atoms with Crippen LogP contribution in [0, 0.1) is 0 Å². The maximum atomic E-state index is 10.7. The zero-order valence-corrected chi connectivity index (χ0v) is 8.10. The molecule has 0 aliphatic carbocycles. The fourth-order valence-electron chi connectivity index (χ4n) is 1.84. The first kappa shape index (κ1) is 9.21. The molecule has 2 rings (SSSR count). The van der Waals surface area contributed by atoms with Crippen molar-refractivity contribution in [2.24, 2.45) is 0 Å². The Kier molecular flexibility index (Phi) is 2.25. The van der Waals surface area contributed by atoms with Crippen molar-refractivity contribution >= 4 is 5.97 Å². The van der Waals surface area contributed by atoms with Crippen molar-refractivity contribution in [3.05, 3.63) is 35.4 Å². The SMILES string of the molecule is CN1CC(c2cccc(C(=O)O)c2)C1. The maximum Gasteiger partial charge on any atom is 0.335 e. The number of benzene rings is 1. The van der Waals surface area contributed by atoms with E-state index in [1.807, 2.05) is 12.1 Å². The van der Waals surface area contributed by atoms with Crippen molar-refractivity contribution < 1.29 is 9.90 Å². The molecule has 1 aliphatic rings. The molecule has 74 valence electrons. The number of aromatic carboxylic acids is 1. The van der Waals surface area contributed by atoms with E-state index in [2.05, 4.69) is 11.9 Å². The van der Waals surface area contributed by atoms with Crippen LogP contribution < -0.4 is 0 Å². The summed E-state index contributed by atoms with van der Waals surface area (Å²) in [4.78, 5) is 13.0. The van der Waals surface area contributed by atoms with Crippen molar-refractivity contribution in [3.8, 4) is 0 Å². The number of rotatable bonds is 2. The molecule has 0 unspecified atom stereocenters.